The molecule has 1 atom stereocenters. The van der Waals surface area contributed by atoms with Crippen LogP contribution in [0.5, 0.6) is 0 Å². The van der Waals surface area contributed by atoms with Gasteiger partial charge in [-0.05, 0) is 30.9 Å². The third-order valence-corrected chi connectivity index (χ3v) is 4.88. The summed E-state index contributed by atoms with van der Waals surface area (Å²) in [6.07, 6.45) is 3.91. The third kappa shape index (κ3) is 4.48. The fraction of sp³-hybridized carbons (Fsp3) is 0.632. The van der Waals surface area contributed by atoms with E-state index in [0.29, 0.717) is 13.0 Å². The molecular formula is C19H28N2O3. The molecule has 5 heteroatoms. The van der Waals surface area contributed by atoms with Crippen LogP contribution in [0, 0.1) is 0 Å². The summed E-state index contributed by atoms with van der Waals surface area (Å²) in [4.78, 5) is 16.6. The van der Waals surface area contributed by atoms with E-state index in [1.807, 2.05) is 18.0 Å². The molecule has 0 bridgehead atoms. The normalized spacial score (nSPS) is 21.0. The van der Waals surface area contributed by atoms with Gasteiger partial charge < -0.3 is 19.3 Å². The minimum absolute atomic E-state index is 0.197. The van der Waals surface area contributed by atoms with Gasteiger partial charge in [0, 0.05) is 45.4 Å². The Morgan fingerprint density at radius 2 is 2.04 bits per heavy atom. The predicted molar refractivity (Wildman–Crippen MR) is 94.2 cm³/mol. The van der Waals surface area contributed by atoms with Gasteiger partial charge in [0.15, 0.2) is 0 Å². The van der Waals surface area contributed by atoms with E-state index in [9.17, 15) is 4.79 Å². The van der Waals surface area contributed by atoms with Gasteiger partial charge in [-0.15, -0.1) is 0 Å². The summed E-state index contributed by atoms with van der Waals surface area (Å²) in [5, 5.41) is 0. The SMILES string of the molecule is CN(Cc1ccccc1N1CCOCC1)C(=O)CC[C@@H]1CCCO1. The molecule has 0 radical (unpaired) electrons. The Morgan fingerprint density at radius 1 is 1.25 bits per heavy atom. The average molecular weight is 332 g/mol. The monoisotopic (exact) mass is 332 g/mol. The lowest BCUT2D eigenvalue weighted by molar-refractivity contribution is -0.131. The van der Waals surface area contributed by atoms with E-state index in [1.165, 1.54) is 11.3 Å². The van der Waals surface area contributed by atoms with E-state index in [0.717, 1.165) is 52.2 Å². The molecule has 1 aromatic carbocycles. The van der Waals surface area contributed by atoms with Crippen LogP contribution in [0.3, 0.4) is 0 Å². The topological polar surface area (TPSA) is 42.0 Å². The summed E-state index contributed by atoms with van der Waals surface area (Å²) < 4.78 is 11.1. The number of carbonyl (C=O) groups excluding carboxylic acids is 1. The van der Waals surface area contributed by atoms with Crippen molar-refractivity contribution in [3.05, 3.63) is 29.8 Å². The minimum Gasteiger partial charge on any atom is -0.378 e. The summed E-state index contributed by atoms with van der Waals surface area (Å²) in [7, 11) is 1.90. The molecule has 5 nitrogen and oxygen atoms in total. The quantitative estimate of drug-likeness (QED) is 0.802. The molecule has 1 amide bonds. The molecule has 132 valence electrons. The number of ether oxygens (including phenoxy) is 2. The van der Waals surface area contributed by atoms with Crippen molar-refractivity contribution in [1.29, 1.82) is 0 Å². The van der Waals surface area contributed by atoms with Gasteiger partial charge >= 0.3 is 0 Å². The van der Waals surface area contributed by atoms with Crippen molar-refractivity contribution in [2.75, 3.05) is 44.9 Å². The smallest absolute Gasteiger partial charge is 0.222 e. The highest BCUT2D eigenvalue weighted by molar-refractivity contribution is 5.76. The van der Waals surface area contributed by atoms with Gasteiger partial charge in [-0.1, -0.05) is 18.2 Å². The maximum Gasteiger partial charge on any atom is 0.222 e. The van der Waals surface area contributed by atoms with Crippen LogP contribution in [-0.4, -0.2) is 56.9 Å². The molecule has 2 aliphatic heterocycles. The van der Waals surface area contributed by atoms with Crippen molar-refractivity contribution >= 4 is 11.6 Å². The Hall–Kier alpha value is -1.59. The summed E-state index contributed by atoms with van der Waals surface area (Å²) in [5.74, 6) is 0.197. The molecule has 0 aromatic heterocycles. The van der Waals surface area contributed by atoms with Crippen LogP contribution in [0.25, 0.3) is 0 Å². The van der Waals surface area contributed by atoms with E-state index < -0.39 is 0 Å². The van der Waals surface area contributed by atoms with Gasteiger partial charge in [0.25, 0.3) is 0 Å². The molecule has 1 aromatic rings. The first-order valence-corrected chi connectivity index (χ1v) is 9.00. The van der Waals surface area contributed by atoms with Crippen molar-refractivity contribution in [3.63, 3.8) is 0 Å². The van der Waals surface area contributed by atoms with Crippen LogP contribution < -0.4 is 4.90 Å². The number of hydrogen-bond acceptors (Lipinski definition) is 4. The average Bonchev–Trinajstić information content (AvgIpc) is 3.14. The predicted octanol–water partition coefficient (Wildman–Crippen LogP) is 2.44. The lowest BCUT2D eigenvalue weighted by atomic mass is 10.1. The number of anilines is 1. The Labute approximate surface area is 144 Å². The summed E-state index contributed by atoms with van der Waals surface area (Å²) in [6, 6.07) is 8.37. The van der Waals surface area contributed by atoms with Gasteiger partial charge in [0.2, 0.25) is 5.91 Å². The van der Waals surface area contributed by atoms with Crippen LogP contribution in [0.2, 0.25) is 0 Å². The fourth-order valence-electron chi connectivity index (χ4n) is 3.45. The number of carbonyl (C=O) groups is 1. The molecule has 0 unspecified atom stereocenters. The molecule has 0 spiro atoms. The lowest BCUT2D eigenvalue weighted by Gasteiger charge is -2.31. The molecule has 3 rings (SSSR count). The Kier molecular flexibility index (Phi) is 6.10. The molecule has 2 saturated heterocycles. The van der Waals surface area contributed by atoms with Gasteiger partial charge in [0.05, 0.1) is 19.3 Å². The standard InChI is InChI=1S/C19H28N2O3/c1-20(19(22)9-8-17-6-4-12-24-17)15-16-5-2-3-7-18(16)21-10-13-23-14-11-21/h2-3,5,7,17H,4,6,8-15H2,1H3/t17-/m0/s1. The summed E-state index contributed by atoms with van der Waals surface area (Å²) in [6.45, 7) is 4.86. The van der Waals surface area contributed by atoms with Crippen molar-refractivity contribution in [2.24, 2.45) is 0 Å². The lowest BCUT2D eigenvalue weighted by Crippen LogP contribution is -2.37. The van der Waals surface area contributed by atoms with Crippen LogP contribution in [0.1, 0.15) is 31.2 Å². The van der Waals surface area contributed by atoms with Crippen molar-refractivity contribution in [2.45, 2.75) is 38.3 Å². The number of para-hydroxylation sites is 1. The highest BCUT2D eigenvalue weighted by Crippen LogP contribution is 2.23. The Balaban J connectivity index is 1.56. The second-order valence-corrected chi connectivity index (χ2v) is 6.65. The largest absolute Gasteiger partial charge is 0.378 e. The first-order chi connectivity index (χ1) is 11.7. The molecule has 0 N–H and O–H groups in total. The first-order valence-electron chi connectivity index (χ1n) is 9.00. The molecular weight excluding hydrogens is 304 g/mol. The zero-order valence-corrected chi connectivity index (χ0v) is 14.6. The van der Waals surface area contributed by atoms with Gasteiger partial charge in [0.1, 0.15) is 0 Å². The summed E-state index contributed by atoms with van der Waals surface area (Å²) >= 11 is 0. The minimum atomic E-state index is 0.197. The molecule has 0 saturated carbocycles. The van der Waals surface area contributed by atoms with Crippen LogP contribution in [0.15, 0.2) is 24.3 Å². The molecule has 2 aliphatic rings. The van der Waals surface area contributed by atoms with Gasteiger partial charge in [-0.2, -0.15) is 0 Å². The molecule has 24 heavy (non-hydrogen) atoms. The van der Waals surface area contributed by atoms with E-state index in [-0.39, 0.29) is 12.0 Å². The van der Waals surface area contributed by atoms with Gasteiger partial charge in [-0.25, -0.2) is 0 Å². The second-order valence-electron chi connectivity index (χ2n) is 6.65. The van der Waals surface area contributed by atoms with Crippen molar-refractivity contribution < 1.29 is 14.3 Å². The zero-order chi connectivity index (χ0) is 16.8. The van der Waals surface area contributed by atoms with Crippen molar-refractivity contribution in [1.82, 2.24) is 4.90 Å². The maximum absolute atomic E-state index is 12.4. The van der Waals surface area contributed by atoms with E-state index in [1.54, 1.807) is 0 Å². The zero-order valence-electron chi connectivity index (χ0n) is 14.6. The van der Waals surface area contributed by atoms with E-state index in [4.69, 9.17) is 9.47 Å². The number of benzene rings is 1. The summed E-state index contributed by atoms with van der Waals surface area (Å²) in [5.41, 5.74) is 2.42. The third-order valence-electron chi connectivity index (χ3n) is 4.88. The second kappa shape index (κ2) is 8.49. The highest BCUT2D eigenvalue weighted by atomic mass is 16.5. The number of amides is 1. The Bertz CT molecular complexity index is 537. The van der Waals surface area contributed by atoms with Crippen LogP contribution >= 0.6 is 0 Å². The van der Waals surface area contributed by atoms with Crippen LogP contribution in [0.4, 0.5) is 5.69 Å². The van der Waals surface area contributed by atoms with E-state index in [2.05, 4.69) is 23.1 Å². The van der Waals surface area contributed by atoms with Crippen molar-refractivity contribution in [3.8, 4) is 0 Å². The van der Waals surface area contributed by atoms with Gasteiger partial charge in [-0.3, -0.25) is 4.79 Å². The number of hydrogen-bond donors (Lipinski definition) is 0. The Morgan fingerprint density at radius 3 is 2.79 bits per heavy atom. The number of rotatable bonds is 6. The maximum atomic E-state index is 12.4. The highest BCUT2D eigenvalue weighted by Gasteiger charge is 2.20. The molecule has 0 aliphatic carbocycles. The number of nitrogens with zero attached hydrogens (tertiary/aromatic N) is 2. The first kappa shape index (κ1) is 17.2. The number of morpholine rings is 1. The van der Waals surface area contributed by atoms with Crippen LogP contribution in [-0.2, 0) is 20.8 Å². The molecule has 2 fully saturated rings. The fourth-order valence-corrected chi connectivity index (χ4v) is 3.45. The van der Waals surface area contributed by atoms with E-state index >= 15 is 0 Å². The molecule has 2 heterocycles.